The van der Waals surface area contributed by atoms with E-state index < -0.39 is 11.7 Å². The normalized spacial score (nSPS) is 11.8. The molecule has 0 aliphatic rings. The van der Waals surface area contributed by atoms with Crippen molar-refractivity contribution in [3.05, 3.63) is 54.1 Å². The number of hydrogen-bond donors (Lipinski definition) is 2. The van der Waals surface area contributed by atoms with Gasteiger partial charge in [-0.1, -0.05) is 12.1 Å². The molecule has 0 amide bonds. The van der Waals surface area contributed by atoms with Gasteiger partial charge in [-0.3, -0.25) is 0 Å². The highest BCUT2D eigenvalue weighted by molar-refractivity contribution is 5.80. The molecule has 0 bridgehead atoms. The summed E-state index contributed by atoms with van der Waals surface area (Å²) < 4.78 is 38.1. The van der Waals surface area contributed by atoms with Crippen LogP contribution in [0.5, 0.6) is 0 Å². The number of nitrogens with two attached hydrogens (primary N) is 1. The Morgan fingerprint density at radius 2 is 1.50 bits per heavy atom. The van der Waals surface area contributed by atoms with Gasteiger partial charge in [-0.25, -0.2) is 9.97 Å². The van der Waals surface area contributed by atoms with Crippen molar-refractivity contribution in [3.8, 4) is 22.6 Å². The van der Waals surface area contributed by atoms with Crippen LogP contribution >= 0.6 is 0 Å². The van der Waals surface area contributed by atoms with Crippen LogP contribution in [-0.2, 0) is 6.18 Å². The molecule has 4 aromatic rings. The first-order chi connectivity index (χ1) is 12.4. The molecule has 9 heteroatoms. The Labute approximate surface area is 144 Å². The molecule has 0 fully saturated rings. The molecule has 2 aromatic heterocycles. The molecule has 0 saturated carbocycles. The lowest BCUT2D eigenvalue weighted by Crippen LogP contribution is -2.04. The molecule has 0 aliphatic carbocycles. The predicted molar refractivity (Wildman–Crippen MR) is 89.8 cm³/mol. The van der Waals surface area contributed by atoms with Crippen LogP contribution in [0.25, 0.3) is 33.7 Å². The first kappa shape index (κ1) is 16.0. The summed E-state index contributed by atoms with van der Waals surface area (Å²) in [7, 11) is 0. The van der Waals surface area contributed by atoms with E-state index in [-0.39, 0.29) is 5.82 Å². The lowest BCUT2D eigenvalue weighted by atomic mass is 10.1. The number of alkyl halides is 3. The maximum Gasteiger partial charge on any atom is 0.416 e. The van der Waals surface area contributed by atoms with Gasteiger partial charge in [-0.15, -0.1) is 0 Å². The molecule has 0 atom stereocenters. The summed E-state index contributed by atoms with van der Waals surface area (Å²) in [6.07, 6.45) is -4.39. The molecule has 0 unspecified atom stereocenters. The number of benzene rings is 2. The van der Waals surface area contributed by atoms with Crippen LogP contribution in [0.15, 0.2) is 48.5 Å². The second kappa shape index (κ2) is 5.80. The highest BCUT2D eigenvalue weighted by Gasteiger charge is 2.30. The number of anilines is 1. The van der Waals surface area contributed by atoms with E-state index in [1.807, 2.05) is 0 Å². The lowest BCUT2D eigenvalue weighted by Gasteiger charge is -2.09. The minimum atomic E-state index is -4.39. The van der Waals surface area contributed by atoms with Crippen molar-refractivity contribution in [3.63, 3.8) is 0 Å². The Hall–Kier alpha value is -3.49. The molecule has 6 nitrogen and oxygen atoms in total. The van der Waals surface area contributed by atoms with Gasteiger partial charge in [0, 0.05) is 17.2 Å². The summed E-state index contributed by atoms with van der Waals surface area (Å²) >= 11 is 0. The van der Waals surface area contributed by atoms with Crippen molar-refractivity contribution in [2.75, 3.05) is 5.73 Å². The zero-order chi connectivity index (χ0) is 18.3. The van der Waals surface area contributed by atoms with Crippen molar-refractivity contribution in [2.45, 2.75) is 6.18 Å². The standard InChI is InChI=1S/C17H11F3N6/c18-17(19,20)11-4-1-9(2-5-11)13-8-15(21)23-16(22-13)10-3-6-12-14(7-10)25-26-24-12/h1-8H,(H2,21,22,23)(H,24,25,26). The summed E-state index contributed by atoms with van der Waals surface area (Å²) in [5.41, 5.74) is 8.09. The molecular weight excluding hydrogens is 345 g/mol. The first-order valence-corrected chi connectivity index (χ1v) is 7.53. The summed E-state index contributed by atoms with van der Waals surface area (Å²) in [5, 5.41) is 10.5. The SMILES string of the molecule is Nc1cc(-c2ccc(C(F)(F)F)cc2)nc(-c2ccc3n[nH]nc3c2)n1. The third-order valence-corrected chi connectivity index (χ3v) is 3.83. The third-order valence-electron chi connectivity index (χ3n) is 3.83. The van der Waals surface area contributed by atoms with Crippen LogP contribution < -0.4 is 5.73 Å². The van der Waals surface area contributed by atoms with Crippen LogP contribution in [0, 0.1) is 0 Å². The number of rotatable bonds is 2. The number of aromatic amines is 1. The quantitative estimate of drug-likeness (QED) is 0.571. The Morgan fingerprint density at radius 3 is 2.23 bits per heavy atom. The molecule has 0 radical (unpaired) electrons. The van der Waals surface area contributed by atoms with Gasteiger partial charge in [0.1, 0.15) is 16.9 Å². The van der Waals surface area contributed by atoms with E-state index in [0.717, 1.165) is 12.1 Å². The second-order valence-electron chi connectivity index (χ2n) is 5.60. The van der Waals surface area contributed by atoms with Gasteiger partial charge in [-0.05, 0) is 30.3 Å². The number of nitrogens with one attached hydrogen (secondary N) is 1. The van der Waals surface area contributed by atoms with Crippen LogP contribution in [0.1, 0.15) is 5.56 Å². The van der Waals surface area contributed by atoms with E-state index in [9.17, 15) is 13.2 Å². The van der Waals surface area contributed by atoms with E-state index in [2.05, 4.69) is 25.4 Å². The monoisotopic (exact) mass is 356 g/mol. The molecule has 2 aromatic carbocycles. The number of aromatic nitrogens is 5. The number of fused-ring (bicyclic) bond motifs is 1. The Kier molecular flexibility index (Phi) is 3.57. The predicted octanol–water partition coefficient (Wildman–Crippen LogP) is 3.68. The zero-order valence-corrected chi connectivity index (χ0v) is 13.1. The Balaban J connectivity index is 1.76. The van der Waals surface area contributed by atoms with Gasteiger partial charge in [0.05, 0.1) is 11.3 Å². The molecule has 130 valence electrons. The smallest absolute Gasteiger partial charge is 0.384 e. The van der Waals surface area contributed by atoms with Crippen molar-refractivity contribution >= 4 is 16.9 Å². The highest BCUT2D eigenvalue weighted by Crippen LogP contribution is 2.31. The van der Waals surface area contributed by atoms with Crippen LogP contribution in [-0.4, -0.2) is 25.4 Å². The molecule has 3 N–H and O–H groups in total. The van der Waals surface area contributed by atoms with Gasteiger partial charge in [0.25, 0.3) is 0 Å². The van der Waals surface area contributed by atoms with E-state index in [0.29, 0.717) is 33.7 Å². The number of hydrogen-bond acceptors (Lipinski definition) is 5. The molecule has 26 heavy (non-hydrogen) atoms. The van der Waals surface area contributed by atoms with Gasteiger partial charge >= 0.3 is 6.18 Å². The Morgan fingerprint density at radius 1 is 0.808 bits per heavy atom. The van der Waals surface area contributed by atoms with Crippen LogP contribution in [0.4, 0.5) is 19.0 Å². The second-order valence-corrected chi connectivity index (χ2v) is 5.60. The van der Waals surface area contributed by atoms with E-state index >= 15 is 0 Å². The molecule has 4 rings (SSSR count). The van der Waals surface area contributed by atoms with Crippen molar-refractivity contribution in [2.24, 2.45) is 0 Å². The fourth-order valence-electron chi connectivity index (χ4n) is 2.55. The van der Waals surface area contributed by atoms with E-state index in [1.54, 1.807) is 18.2 Å². The van der Waals surface area contributed by atoms with Crippen molar-refractivity contribution in [1.82, 2.24) is 25.4 Å². The Bertz CT molecular complexity index is 1090. The fraction of sp³-hybridized carbons (Fsp3) is 0.0588. The van der Waals surface area contributed by atoms with Gasteiger partial charge < -0.3 is 5.73 Å². The summed E-state index contributed by atoms with van der Waals surface area (Å²) in [6.45, 7) is 0. The zero-order valence-electron chi connectivity index (χ0n) is 13.1. The van der Waals surface area contributed by atoms with Crippen molar-refractivity contribution < 1.29 is 13.2 Å². The molecule has 0 saturated heterocycles. The van der Waals surface area contributed by atoms with Crippen LogP contribution in [0.2, 0.25) is 0 Å². The maximum atomic E-state index is 12.7. The lowest BCUT2D eigenvalue weighted by molar-refractivity contribution is -0.137. The average molecular weight is 356 g/mol. The van der Waals surface area contributed by atoms with E-state index in [4.69, 9.17) is 5.73 Å². The topological polar surface area (TPSA) is 93.4 Å². The van der Waals surface area contributed by atoms with Gasteiger partial charge in [0.15, 0.2) is 5.82 Å². The number of halogens is 3. The minimum absolute atomic E-state index is 0.213. The molecular formula is C17H11F3N6. The maximum absolute atomic E-state index is 12.7. The average Bonchev–Trinajstić information content (AvgIpc) is 3.08. The van der Waals surface area contributed by atoms with Crippen LogP contribution in [0.3, 0.4) is 0 Å². The molecule has 2 heterocycles. The largest absolute Gasteiger partial charge is 0.416 e. The van der Waals surface area contributed by atoms with Gasteiger partial charge in [0.2, 0.25) is 0 Å². The summed E-state index contributed by atoms with van der Waals surface area (Å²) in [4.78, 5) is 8.63. The highest BCUT2D eigenvalue weighted by atomic mass is 19.4. The summed E-state index contributed by atoms with van der Waals surface area (Å²) in [6, 6.07) is 11.5. The van der Waals surface area contributed by atoms with Gasteiger partial charge in [-0.2, -0.15) is 28.6 Å². The minimum Gasteiger partial charge on any atom is -0.384 e. The molecule has 0 aliphatic heterocycles. The van der Waals surface area contributed by atoms with Crippen molar-refractivity contribution in [1.29, 1.82) is 0 Å². The third kappa shape index (κ3) is 2.94. The molecule has 0 spiro atoms. The summed E-state index contributed by atoms with van der Waals surface area (Å²) in [5.74, 6) is 0.565. The first-order valence-electron chi connectivity index (χ1n) is 7.53. The number of nitrogen functional groups attached to an aromatic ring is 1. The number of H-pyrrole nitrogens is 1. The fourth-order valence-corrected chi connectivity index (χ4v) is 2.55. The van der Waals surface area contributed by atoms with E-state index in [1.165, 1.54) is 18.2 Å². The number of nitrogens with zero attached hydrogens (tertiary/aromatic N) is 4.